The molecule has 32 heavy (non-hydrogen) atoms. The van der Waals surface area contributed by atoms with Crippen LogP contribution in [-0.4, -0.2) is 22.9 Å². The normalized spacial score (nSPS) is 10.7. The first-order valence-electron chi connectivity index (χ1n) is 9.68. The summed E-state index contributed by atoms with van der Waals surface area (Å²) in [5, 5.41) is 14.5. The Balaban J connectivity index is 1.81. The second kappa shape index (κ2) is 8.64. The predicted octanol–water partition coefficient (Wildman–Crippen LogP) is 6.03. The highest BCUT2D eigenvalue weighted by molar-refractivity contribution is 6.34. The van der Waals surface area contributed by atoms with E-state index in [1.807, 2.05) is 55.5 Å². The van der Waals surface area contributed by atoms with Gasteiger partial charge in [0.25, 0.3) is 11.6 Å². The first-order valence-corrected chi connectivity index (χ1v) is 10.1. The van der Waals surface area contributed by atoms with Crippen LogP contribution in [0, 0.1) is 17.0 Å². The molecule has 160 valence electrons. The van der Waals surface area contributed by atoms with E-state index in [1.165, 1.54) is 18.2 Å². The monoisotopic (exact) mass is 447 g/mol. The van der Waals surface area contributed by atoms with Crippen LogP contribution in [0.4, 0.5) is 11.4 Å². The number of nitro benzene ring substituents is 1. The van der Waals surface area contributed by atoms with Crippen LogP contribution in [0.1, 0.15) is 15.9 Å². The van der Waals surface area contributed by atoms with Crippen molar-refractivity contribution in [3.8, 4) is 17.0 Å². The van der Waals surface area contributed by atoms with Crippen LogP contribution in [0.3, 0.4) is 0 Å². The molecule has 0 atom stereocenters. The molecule has 1 amide bonds. The van der Waals surface area contributed by atoms with Gasteiger partial charge < -0.3 is 10.1 Å². The maximum Gasteiger partial charge on any atom is 0.271 e. The fourth-order valence-electron chi connectivity index (χ4n) is 3.53. The molecule has 4 aromatic rings. The summed E-state index contributed by atoms with van der Waals surface area (Å²) < 4.78 is 5.23. The first kappa shape index (κ1) is 21.3. The van der Waals surface area contributed by atoms with Crippen molar-refractivity contribution >= 4 is 39.8 Å². The van der Waals surface area contributed by atoms with E-state index in [1.54, 1.807) is 7.11 Å². The first-order chi connectivity index (χ1) is 15.4. The Morgan fingerprint density at radius 2 is 1.81 bits per heavy atom. The number of amides is 1. The minimum absolute atomic E-state index is 0.0824. The standard InChI is InChI=1S/C24H18ClN3O4/c1-14-22(24(29)27-21-12-9-16(28(30)31)13-19(21)25)18-5-3-4-6-20(18)26-23(14)15-7-10-17(32-2)11-8-15/h3-13H,1-2H3,(H,27,29). The van der Waals surface area contributed by atoms with Crippen molar-refractivity contribution in [1.29, 1.82) is 0 Å². The molecule has 3 aromatic carbocycles. The van der Waals surface area contributed by atoms with E-state index in [0.717, 1.165) is 11.3 Å². The molecule has 8 heteroatoms. The van der Waals surface area contributed by atoms with E-state index in [9.17, 15) is 14.9 Å². The van der Waals surface area contributed by atoms with Gasteiger partial charge in [-0.05, 0) is 48.9 Å². The second-order valence-electron chi connectivity index (χ2n) is 7.08. The average Bonchev–Trinajstić information content (AvgIpc) is 2.79. The summed E-state index contributed by atoms with van der Waals surface area (Å²) in [7, 11) is 1.60. The fraction of sp³-hybridized carbons (Fsp3) is 0.0833. The minimum Gasteiger partial charge on any atom is -0.497 e. The van der Waals surface area contributed by atoms with Gasteiger partial charge in [-0.15, -0.1) is 0 Å². The summed E-state index contributed by atoms with van der Waals surface area (Å²) in [4.78, 5) is 28.5. The highest BCUT2D eigenvalue weighted by Gasteiger charge is 2.20. The summed E-state index contributed by atoms with van der Waals surface area (Å²) in [6.07, 6.45) is 0. The van der Waals surface area contributed by atoms with Crippen LogP contribution >= 0.6 is 11.6 Å². The predicted molar refractivity (Wildman–Crippen MR) is 125 cm³/mol. The Morgan fingerprint density at radius 3 is 2.47 bits per heavy atom. The molecule has 0 aliphatic heterocycles. The van der Waals surface area contributed by atoms with E-state index in [2.05, 4.69) is 5.32 Å². The lowest BCUT2D eigenvalue weighted by Gasteiger charge is -2.15. The maximum atomic E-state index is 13.4. The minimum atomic E-state index is -0.543. The Morgan fingerprint density at radius 1 is 1.09 bits per heavy atom. The van der Waals surface area contributed by atoms with Crippen LogP contribution in [0.5, 0.6) is 5.75 Å². The zero-order valence-electron chi connectivity index (χ0n) is 17.3. The maximum absolute atomic E-state index is 13.4. The summed E-state index contributed by atoms with van der Waals surface area (Å²) in [6.45, 7) is 1.84. The molecule has 7 nitrogen and oxygen atoms in total. The molecule has 0 aliphatic rings. The summed E-state index contributed by atoms with van der Waals surface area (Å²) in [6, 6.07) is 18.7. The number of methoxy groups -OCH3 is 1. The van der Waals surface area contributed by atoms with Gasteiger partial charge in [0.15, 0.2) is 0 Å². The van der Waals surface area contributed by atoms with Gasteiger partial charge in [0.2, 0.25) is 0 Å². The number of aromatic nitrogens is 1. The number of nitro groups is 1. The number of benzene rings is 3. The van der Waals surface area contributed by atoms with Gasteiger partial charge in [-0.1, -0.05) is 29.8 Å². The summed E-state index contributed by atoms with van der Waals surface area (Å²) in [5.41, 5.74) is 3.47. The molecule has 0 spiro atoms. The SMILES string of the molecule is COc1ccc(-c2nc3ccccc3c(C(=O)Nc3ccc([N+](=O)[O-])cc3Cl)c2C)cc1. The molecular formula is C24H18ClN3O4. The third-order valence-corrected chi connectivity index (χ3v) is 5.45. The molecule has 1 aromatic heterocycles. The number of carbonyl (C=O) groups is 1. The van der Waals surface area contributed by atoms with E-state index < -0.39 is 4.92 Å². The summed E-state index contributed by atoms with van der Waals surface area (Å²) in [5.74, 6) is 0.338. The molecule has 4 rings (SSSR count). The van der Waals surface area contributed by atoms with E-state index in [4.69, 9.17) is 21.3 Å². The topological polar surface area (TPSA) is 94.4 Å². The zero-order chi connectivity index (χ0) is 22.8. The molecule has 0 fully saturated rings. The molecule has 1 heterocycles. The van der Waals surface area contributed by atoms with Crippen molar-refractivity contribution in [2.75, 3.05) is 12.4 Å². The Bertz CT molecular complexity index is 1350. The average molecular weight is 448 g/mol. The fourth-order valence-corrected chi connectivity index (χ4v) is 3.76. The Labute approximate surface area is 188 Å². The van der Waals surface area contributed by atoms with Crippen molar-refractivity contribution in [3.63, 3.8) is 0 Å². The Hall–Kier alpha value is -3.97. The second-order valence-corrected chi connectivity index (χ2v) is 7.49. The van der Waals surface area contributed by atoms with Crippen LogP contribution in [0.25, 0.3) is 22.2 Å². The van der Waals surface area contributed by atoms with Gasteiger partial charge in [-0.3, -0.25) is 14.9 Å². The number of ether oxygens (including phenoxy) is 1. The molecule has 1 N–H and O–H groups in total. The van der Waals surface area contributed by atoms with Gasteiger partial charge >= 0.3 is 0 Å². The number of hydrogen-bond donors (Lipinski definition) is 1. The van der Waals surface area contributed by atoms with Gasteiger partial charge in [-0.25, -0.2) is 4.98 Å². The molecule has 0 unspecified atom stereocenters. The third kappa shape index (κ3) is 3.98. The number of non-ortho nitro benzene ring substituents is 1. The smallest absolute Gasteiger partial charge is 0.271 e. The Kier molecular flexibility index (Phi) is 5.75. The van der Waals surface area contributed by atoms with Crippen LogP contribution < -0.4 is 10.1 Å². The number of hydrogen-bond acceptors (Lipinski definition) is 5. The number of carbonyl (C=O) groups excluding carboxylic acids is 1. The number of para-hydroxylation sites is 1. The van der Waals surface area contributed by atoms with Crippen LogP contribution in [0.2, 0.25) is 5.02 Å². The molecule has 0 bridgehead atoms. The lowest BCUT2D eigenvalue weighted by atomic mass is 9.97. The highest BCUT2D eigenvalue weighted by Crippen LogP contribution is 2.32. The largest absolute Gasteiger partial charge is 0.497 e. The van der Waals surface area contributed by atoms with E-state index >= 15 is 0 Å². The zero-order valence-corrected chi connectivity index (χ0v) is 18.0. The van der Waals surface area contributed by atoms with Crippen LogP contribution in [0.15, 0.2) is 66.7 Å². The lowest BCUT2D eigenvalue weighted by Crippen LogP contribution is -2.15. The summed E-state index contributed by atoms with van der Waals surface area (Å²) >= 11 is 6.18. The van der Waals surface area contributed by atoms with E-state index in [0.29, 0.717) is 27.7 Å². The molecule has 0 saturated heterocycles. The number of fused-ring (bicyclic) bond motifs is 1. The third-order valence-electron chi connectivity index (χ3n) is 5.14. The van der Waals surface area contributed by atoms with Gasteiger partial charge in [0.05, 0.1) is 39.5 Å². The number of nitrogens with one attached hydrogen (secondary N) is 1. The molecule has 0 saturated carbocycles. The van der Waals surface area contributed by atoms with Gasteiger partial charge in [0, 0.05) is 23.1 Å². The number of pyridine rings is 1. The number of nitrogens with zero attached hydrogens (tertiary/aromatic N) is 2. The van der Waals surface area contributed by atoms with Gasteiger partial charge in [-0.2, -0.15) is 0 Å². The van der Waals surface area contributed by atoms with Crippen molar-refractivity contribution in [3.05, 3.63) is 93.0 Å². The van der Waals surface area contributed by atoms with Crippen molar-refractivity contribution in [1.82, 2.24) is 4.98 Å². The molecule has 0 radical (unpaired) electrons. The molecule has 0 aliphatic carbocycles. The van der Waals surface area contributed by atoms with Crippen LogP contribution in [-0.2, 0) is 0 Å². The highest BCUT2D eigenvalue weighted by atomic mass is 35.5. The number of rotatable bonds is 5. The van der Waals surface area contributed by atoms with Gasteiger partial charge in [0.1, 0.15) is 5.75 Å². The van der Waals surface area contributed by atoms with Crippen molar-refractivity contribution in [2.24, 2.45) is 0 Å². The number of halogens is 1. The van der Waals surface area contributed by atoms with E-state index in [-0.39, 0.29) is 22.3 Å². The van der Waals surface area contributed by atoms with Crippen molar-refractivity contribution in [2.45, 2.75) is 6.92 Å². The molecular weight excluding hydrogens is 430 g/mol. The van der Waals surface area contributed by atoms with Crippen molar-refractivity contribution < 1.29 is 14.5 Å². The lowest BCUT2D eigenvalue weighted by molar-refractivity contribution is -0.384. The quantitative estimate of drug-likeness (QED) is 0.297. The number of anilines is 1.